The van der Waals surface area contributed by atoms with E-state index < -0.39 is 8.80 Å². The highest BCUT2D eigenvalue weighted by Crippen LogP contribution is 2.15. The van der Waals surface area contributed by atoms with Gasteiger partial charge in [0.15, 0.2) is 0 Å². The molecule has 0 saturated carbocycles. The molecule has 0 aromatic rings. The zero-order chi connectivity index (χ0) is 13.6. The average molecular weight is 261 g/mol. The quantitative estimate of drug-likeness (QED) is 0.473. The van der Waals surface area contributed by atoms with Crippen LogP contribution >= 0.6 is 0 Å². The van der Waals surface area contributed by atoms with Crippen molar-refractivity contribution < 1.29 is 18.4 Å². The maximum absolute atomic E-state index is 9.18. The fourth-order valence-electron chi connectivity index (χ4n) is 1.14. The number of hydrogen-bond donors (Lipinski definition) is 0. The summed E-state index contributed by atoms with van der Waals surface area (Å²) in [6.07, 6.45) is 3.12. The maximum Gasteiger partial charge on any atom is 0.504 e. The van der Waals surface area contributed by atoms with Crippen LogP contribution in [0.15, 0.2) is 25.3 Å². The van der Waals surface area contributed by atoms with E-state index in [4.69, 9.17) is 13.3 Å². The Morgan fingerprint density at radius 2 is 1.29 bits per heavy atom. The molecule has 0 unspecified atom stereocenters. The summed E-state index contributed by atoms with van der Waals surface area (Å²) in [5, 5.41) is 9.18. The van der Waals surface area contributed by atoms with E-state index in [2.05, 4.69) is 13.2 Å². The van der Waals surface area contributed by atoms with Gasteiger partial charge in [-0.2, -0.15) is 0 Å². The molecule has 4 nitrogen and oxygen atoms in total. The van der Waals surface area contributed by atoms with Gasteiger partial charge in [-0.3, -0.25) is 0 Å². The van der Waals surface area contributed by atoms with Crippen LogP contribution in [-0.2, 0) is 18.4 Å². The molecule has 0 rings (SSSR count). The second-order valence-corrected chi connectivity index (χ2v) is 5.57. The molecule has 5 heteroatoms. The molecule has 0 saturated heterocycles. The Balaban J connectivity index is 0. The predicted molar refractivity (Wildman–Crippen MR) is 71.4 cm³/mol. The smallest absolute Gasteiger partial charge is 0.374 e. The van der Waals surface area contributed by atoms with Gasteiger partial charge >= 0.3 is 8.80 Å². The lowest BCUT2D eigenvalue weighted by Crippen LogP contribution is -2.45. The Labute approximate surface area is 106 Å². The predicted octanol–water partition coefficient (Wildman–Crippen LogP) is 2.82. The molecule has 101 valence electrons. The molecular formula is C12H25O4Si. The number of allylic oxidation sites excluding steroid dienone is 1. The van der Waals surface area contributed by atoms with Crippen molar-refractivity contribution >= 4 is 8.80 Å². The van der Waals surface area contributed by atoms with Crippen molar-refractivity contribution in [3.05, 3.63) is 25.3 Å². The topological polar surface area (TPSA) is 47.6 Å². The molecule has 0 aromatic heterocycles. The normalized spacial score (nSPS) is 10.4. The van der Waals surface area contributed by atoms with Gasteiger partial charge in [-0.15, -0.1) is 13.2 Å². The van der Waals surface area contributed by atoms with Crippen LogP contribution in [0.25, 0.3) is 0 Å². The molecule has 17 heavy (non-hydrogen) atoms. The molecule has 0 aliphatic heterocycles. The van der Waals surface area contributed by atoms with Crippen molar-refractivity contribution in [1.82, 2.24) is 0 Å². The lowest BCUT2D eigenvalue weighted by Gasteiger charge is -2.27. The highest BCUT2D eigenvalue weighted by molar-refractivity contribution is 6.61. The third kappa shape index (κ3) is 10.4. The molecule has 0 bridgehead atoms. The molecule has 0 aliphatic carbocycles. The first kappa shape index (κ1) is 18.9. The van der Waals surface area contributed by atoms with Gasteiger partial charge in [-0.05, 0) is 20.8 Å². The van der Waals surface area contributed by atoms with Gasteiger partial charge in [0.2, 0.25) is 0 Å². The van der Waals surface area contributed by atoms with Crippen LogP contribution in [0.5, 0.6) is 0 Å². The molecule has 0 aliphatic rings. The zero-order valence-corrected chi connectivity index (χ0v) is 12.2. The van der Waals surface area contributed by atoms with Crippen molar-refractivity contribution in [1.29, 1.82) is 0 Å². The Morgan fingerprint density at radius 1 is 0.941 bits per heavy atom. The van der Waals surface area contributed by atoms with Gasteiger partial charge in [-0.1, -0.05) is 12.2 Å². The van der Waals surface area contributed by atoms with Crippen LogP contribution in [-0.4, -0.2) is 35.2 Å². The Bertz CT molecular complexity index is 168. The molecule has 0 N–H and O–H groups in total. The van der Waals surface area contributed by atoms with Crippen LogP contribution in [0.3, 0.4) is 0 Å². The van der Waals surface area contributed by atoms with Crippen LogP contribution in [0.2, 0.25) is 6.04 Å². The average Bonchev–Trinajstić information content (AvgIpc) is 2.31. The third-order valence-corrected chi connectivity index (χ3v) is 4.58. The molecule has 0 amide bonds. The van der Waals surface area contributed by atoms with E-state index in [1.54, 1.807) is 6.08 Å². The first-order chi connectivity index (χ1) is 8.16. The maximum atomic E-state index is 9.18. The summed E-state index contributed by atoms with van der Waals surface area (Å²) in [6, 6.07) is 0.683. The molecule has 0 fully saturated rings. The van der Waals surface area contributed by atoms with E-state index in [1.165, 1.54) is 6.08 Å². The fourth-order valence-corrected chi connectivity index (χ4v) is 3.41. The Kier molecular flexibility index (Phi) is 15.1. The van der Waals surface area contributed by atoms with E-state index in [-0.39, 0.29) is 6.61 Å². The van der Waals surface area contributed by atoms with Gasteiger partial charge in [0.05, 0.1) is 0 Å². The number of rotatable bonds is 9. The summed E-state index contributed by atoms with van der Waals surface area (Å²) in [5.74, 6) is 0. The van der Waals surface area contributed by atoms with E-state index >= 15 is 0 Å². The number of hydrogen-bond acceptors (Lipinski definition) is 3. The van der Waals surface area contributed by atoms with E-state index in [1.807, 2.05) is 20.8 Å². The fraction of sp³-hybridized carbons (Fsp3) is 0.667. The Hall–Kier alpha value is -0.463. The van der Waals surface area contributed by atoms with Crippen LogP contribution in [0.1, 0.15) is 20.8 Å². The summed E-state index contributed by atoms with van der Waals surface area (Å²) in [6.45, 7) is 14.4. The highest BCUT2D eigenvalue weighted by Gasteiger charge is 2.38. The van der Waals surface area contributed by atoms with E-state index in [0.29, 0.717) is 25.9 Å². The van der Waals surface area contributed by atoms with Crippen LogP contribution in [0.4, 0.5) is 0 Å². The van der Waals surface area contributed by atoms with Crippen molar-refractivity contribution in [3.63, 3.8) is 0 Å². The zero-order valence-electron chi connectivity index (χ0n) is 11.2. The molecule has 0 spiro atoms. The first-order valence-corrected chi connectivity index (χ1v) is 7.81. The lowest BCUT2D eigenvalue weighted by atomic mass is 10.7. The SMILES string of the molecule is C=CC[O].C=CC[Si](OCC)(OCC)OCC. The van der Waals surface area contributed by atoms with Crippen molar-refractivity contribution in [2.45, 2.75) is 26.8 Å². The summed E-state index contributed by atoms with van der Waals surface area (Å²) < 4.78 is 16.7. The molecule has 0 aromatic carbocycles. The van der Waals surface area contributed by atoms with Gasteiger partial charge in [0.25, 0.3) is 0 Å². The molecular weight excluding hydrogens is 236 g/mol. The summed E-state index contributed by atoms with van der Waals surface area (Å²) in [4.78, 5) is 0. The van der Waals surface area contributed by atoms with E-state index in [9.17, 15) is 5.11 Å². The summed E-state index contributed by atoms with van der Waals surface area (Å²) in [7, 11) is -2.41. The Morgan fingerprint density at radius 3 is 1.47 bits per heavy atom. The van der Waals surface area contributed by atoms with Crippen molar-refractivity contribution in [3.8, 4) is 0 Å². The van der Waals surface area contributed by atoms with E-state index in [0.717, 1.165) is 0 Å². The van der Waals surface area contributed by atoms with Gasteiger partial charge in [-0.25, -0.2) is 5.11 Å². The second kappa shape index (κ2) is 13.6. The van der Waals surface area contributed by atoms with Crippen LogP contribution < -0.4 is 0 Å². The second-order valence-electron chi connectivity index (χ2n) is 2.93. The van der Waals surface area contributed by atoms with Crippen molar-refractivity contribution in [2.75, 3.05) is 26.4 Å². The van der Waals surface area contributed by atoms with Gasteiger partial charge in [0.1, 0.15) is 6.61 Å². The summed E-state index contributed by atoms with van der Waals surface area (Å²) in [5.41, 5.74) is 0. The minimum absolute atomic E-state index is 0.167. The van der Waals surface area contributed by atoms with Crippen LogP contribution in [0, 0.1) is 0 Å². The van der Waals surface area contributed by atoms with Crippen molar-refractivity contribution in [2.24, 2.45) is 0 Å². The molecule has 0 atom stereocenters. The first-order valence-electron chi connectivity index (χ1n) is 5.87. The lowest BCUT2D eigenvalue weighted by molar-refractivity contribution is 0.0743. The van der Waals surface area contributed by atoms with Gasteiger partial charge in [0, 0.05) is 25.9 Å². The molecule has 1 radical (unpaired) electrons. The largest absolute Gasteiger partial charge is 0.504 e. The minimum Gasteiger partial charge on any atom is -0.374 e. The monoisotopic (exact) mass is 261 g/mol. The highest BCUT2D eigenvalue weighted by atomic mass is 28.4. The standard InChI is InChI=1S/C9H20O3Si.C3H5O/c1-5-9-13(10-6-2,11-7-3)12-8-4;1-2-3-4/h5H,1,6-9H2,2-4H3;2H,1,3H2. The minimum atomic E-state index is -2.41. The third-order valence-electron chi connectivity index (χ3n) is 1.60. The molecule has 0 heterocycles. The summed E-state index contributed by atoms with van der Waals surface area (Å²) >= 11 is 0. The van der Waals surface area contributed by atoms with Gasteiger partial charge < -0.3 is 13.3 Å².